The first kappa shape index (κ1) is 39.4. The van der Waals surface area contributed by atoms with Gasteiger partial charge in [0.15, 0.2) is 0 Å². The van der Waals surface area contributed by atoms with Crippen LogP contribution in [-0.2, 0) is 58.6 Å². The van der Waals surface area contributed by atoms with E-state index in [4.69, 9.17) is 70.9 Å². The van der Waals surface area contributed by atoms with Crippen LogP contribution in [0, 0.1) is 0 Å². The normalized spacial score (nSPS) is 10.7. The van der Waals surface area contributed by atoms with Gasteiger partial charge in [-0.1, -0.05) is 31.0 Å². The van der Waals surface area contributed by atoms with Crippen molar-refractivity contribution in [2.45, 2.75) is 68.2 Å². The first-order chi connectivity index (χ1) is 13.6. The van der Waals surface area contributed by atoms with Crippen molar-refractivity contribution in [2.75, 3.05) is 39.5 Å². The number of hydrogen-bond donors (Lipinski definition) is 0. The molecule has 0 N–H and O–H groups in total. The molecule has 0 bridgehead atoms. The maximum absolute atomic E-state index is 5.55. The second-order valence-corrected chi connectivity index (χ2v) is 12.3. The van der Waals surface area contributed by atoms with Crippen LogP contribution < -0.4 is 29.6 Å². The van der Waals surface area contributed by atoms with E-state index in [9.17, 15) is 0 Å². The summed E-state index contributed by atoms with van der Waals surface area (Å²) in [6, 6.07) is 0. The summed E-state index contributed by atoms with van der Waals surface area (Å²) in [4.78, 5) is 1.96. The van der Waals surface area contributed by atoms with E-state index in [2.05, 4.69) is 13.8 Å². The van der Waals surface area contributed by atoms with Crippen LogP contribution in [0.25, 0.3) is 0 Å². The molecule has 0 fully saturated rings. The Morgan fingerprint density at radius 3 is 1.07 bits per heavy atom. The number of unbranched alkanes of at least 4 members (excludes halogenated alkanes) is 1. The van der Waals surface area contributed by atoms with Gasteiger partial charge in [-0.3, -0.25) is 0 Å². The molecule has 0 aliphatic carbocycles. The van der Waals surface area contributed by atoms with E-state index < -0.39 is 13.4 Å². The van der Waals surface area contributed by atoms with Crippen LogP contribution in [0.1, 0.15) is 68.2 Å². The van der Waals surface area contributed by atoms with Crippen LogP contribution in [0.2, 0.25) is 0 Å². The van der Waals surface area contributed by atoms with Gasteiger partial charge in [-0.15, -0.1) is 0 Å². The van der Waals surface area contributed by atoms with E-state index in [1.165, 1.54) is 12.8 Å². The molecule has 0 aliphatic heterocycles. The Balaban J connectivity index is -0.000000216. The molecule has 0 spiro atoms. The summed E-state index contributed by atoms with van der Waals surface area (Å²) in [6.45, 7) is 13.4. The molecule has 0 aromatic heterocycles. The first-order valence-electron chi connectivity index (χ1n) is 10.0. The zero-order chi connectivity index (χ0) is 23.3. The minimum Gasteiger partial charge on any atom is -0.411 e. The second kappa shape index (κ2) is 25.8. The number of thiocarbonyl (C=S) groups is 1. The third-order valence-corrected chi connectivity index (χ3v) is 9.75. The van der Waals surface area contributed by atoms with Crippen LogP contribution in [0.5, 0.6) is 0 Å². The Hall–Kier alpha value is 2.21. The molecule has 6 nitrogen and oxygen atoms in total. The average Bonchev–Trinajstić information content (AvgIpc) is 2.63. The van der Waals surface area contributed by atoms with Crippen molar-refractivity contribution in [1.82, 2.24) is 4.90 Å². The van der Waals surface area contributed by atoms with Gasteiger partial charge in [-0.25, -0.2) is 4.31 Å². The fourth-order valence-corrected chi connectivity index (χ4v) is 8.29. The van der Waals surface area contributed by atoms with Crippen LogP contribution in [0.3, 0.4) is 0 Å². The van der Waals surface area contributed by atoms with Crippen molar-refractivity contribution >= 4 is 66.2 Å². The van der Waals surface area contributed by atoms with Gasteiger partial charge in [0.2, 0.25) is 0 Å². The van der Waals surface area contributed by atoms with E-state index in [-0.39, 0.29) is 29.6 Å². The zero-order valence-corrected chi connectivity index (χ0v) is 27.2. The fourth-order valence-electron chi connectivity index (χ4n) is 1.41. The quantitative estimate of drug-likeness (QED) is 0.147. The fraction of sp³-hybridized carbons (Fsp3) is 0.941. The topological polar surface area (TPSA) is 49.4 Å². The Bertz CT molecular complexity index is 439. The molecule has 0 amide bonds. The number of hydrogen-bond acceptors (Lipinski definition) is 9. The van der Waals surface area contributed by atoms with Crippen LogP contribution in [-0.4, -0.2) is 48.7 Å². The van der Waals surface area contributed by atoms with Crippen molar-refractivity contribution in [2.24, 2.45) is 0 Å². The SMILES string of the molecule is CCCC.CCN(CC)C(=S)[S-].CCOP(=S)(OCC)OP(=S)(OCC)OCC.[Na+]. The summed E-state index contributed by atoms with van der Waals surface area (Å²) < 4.78 is 27.5. The largest absolute Gasteiger partial charge is 1.00 e. The molecule has 0 heterocycles. The van der Waals surface area contributed by atoms with Gasteiger partial charge < -0.3 is 47.8 Å². The van der Waals surface area contributed by atoms with Gasteiger partial charge in [0, 0.05) is 13.1 Å². The monoisotopic (exact) mass is 551 g/mol. The second-order valence-electron chi connectivity index (χ2n) is 5.09. The van der Waals surface area contributed by atoms with E-state index in [1.807, 2.05) is 46.4 Å². The minimum atomic E-state index is -2.87. The maximum atomic E-state index is 5.55. The molecule has 0 aromatic carbocycles. The summed E-state index contributed by atoms with van der Waals surface area (Å²) >= 11 is 20.0. The molecule has 0 radical (unpaired) electrons. The van der Waals surface area contributed by atoms with E-state index >= 15 is 0 Å². The zero-order valence-electron chi connectivity index (χ0n) is 20.2. The average molecular weight is 552 g/mol. The standard InChI is InChI=1S/C8H20O5P2S2.C5H11NS2.C4H10.Na/c1-5-9-14(16,10-6-2)13-15(17,11-7-3)12-8-4;1-3-6(4-2)5(7)8;1-3-4-2;/h5-8H2,1-4H3;3-4H2,1-2H3,(H,7,8);3-4H2,1-2H3;/q;;;+1/p-1. The van der Waals surface area contributed by atoms with Gasteiger partial charge >= 0.3 is 43.0 Å². The van der Waals surface area contributed by atoms with Gasteiger partial charge in [-0.05, 0) is 65.2 Å². The molecule has 0 saturated heterocycles. The van der Waals surface area contributed by atoms with E-state index in [0.29, 0.717) is 30.7 Å². The molecule has 178 valence electrons. The summed E-state index contributed by atoms with van der Waals surface area (Å²) in [5, 5.41) is 0. The van der Waals surface area contributed by atoms with Crippen LogP contribution in [0.15, 0.2) is 0 Å². The smallest absolute Gasteiger partial charge is 0.411 e. The van der Waals surface area contributed by atoms with Crippen molar-refractivity contribution < 1.29 is 52.0 Å². The van der Waals surface area contributed by atoms with E-state index in [1.54, 1.807) is 0 Å². The third kappa shape index (κ3) is 23.4. The van der Waals surface area contributed by atoms with Crippen LogP contribution >= 0.6 is 25.7 Å². The molecular weight excluding hydrogens is 511 g/mol. The number of rotatable bonds is 13. The summed E-state index contributed by atoms with van der Waals surface area (Å²) in [7, 11) is 0. The third-order valence-electron chi connectivity index (χ3n) is 2.87. The molecule has 0 aromatic rings. The van der Waals surface area contributed by atoms with Crippen molar-refractivity contribution in [3.63, 3.8) is 0 Å². The predicted molar refractivity (Wildman–Crippen MR) is 140 cm³/mol. The predicted octanol–water partition coefficient (Wildman–Crippen LogP) is 3.57. The van der Waals surface area contributed by atoms with Crippen molar-refractivity contribution in [3.05, 3.63) is 0 Å². The summed E-state index contributed by atoms with van der Waals surface area (Å²) in [5.41, 5.74) is 0. The number of nitrogens with zero attached hydrogens (tertiary/aromatic N) is 1. The van der Waals surface area contributed by atoms with Crippen LogP contribution in [0.4, 0.5) is 0 Å². The minimum absolute atomic E-state index is 0. The Labute approximate surface area is 229 Å². The van der Waals surface area contributed by atoms with Crippen molar-refractivity contribution in [3.8, 4) is 0 Å². The van der Waals surface area contributed by atoms with Gasteiger partial charge in [-0.2, -0.15) is 0 Å². The molecule has 0 saturated carbocycles. The molecule has 0 aliphatic rings. The maximum Gasteiger partial charge on any atom is 1.00 e. The first-order valence-corrected chi connectivity index (χ1v) is 16.0. The Kier molecular flexibility index (Phi) is 33.9. The molecule has 30 heavy (non-hydrogen) atoms. The molecule has 0 atom stereocenters. The molecule has 0 rings (SSSR count). The van der Waals surface area contributed by atoms with Gasteiger partial charge in [0.05, 0.1) is 26.4 Å². The molecule has 0 unspecified atom stereocenters. The Morgan fingerprint density at radius 1 is 0.700 bits per heavy atom. The summed E-state index contributed by atoms with van der Waals surface area (Å²) in [5.74, 6) is 0. The summed E-state index contributed by atoms with van der Waals surface area (Å²) in [6.07, 6.45) is 2.64. The Morgan fingerprint density at radius 2 is 0.967 bits per heavy atom. The van der Waals surface area contributed by atoms with Gasteiger partial charge in [0.25, 0.3) is 0 Å². The van der Waals surface area contributed by atoms with E-state index in [0.717, 1.165) is 13.1 Å². The molecule has 13 heteroatoms. The molecular formula is C17H40NNaO5P2S4. The van der Waals surface area contributed by atoms with Gasteiger partial charge in [0.1, 0.15) is 0 Å². The van der Waals surface area contributed by atoms with Crippen molar-refractivity contribution in [1.29, 1.82) is 0 Å².